The van der Waals surface area contributed by atoms with Crippen LogP contribution in [0.3, 0.4) is 0 Å². The van der Waals surface area contributed by atoms with Gasteiger partial charge in [-0.1, -0.05) is 42.5 Å². The maximum absolute atomic E-state index is 13.6. The van der Waals surface area contributed by atoms with Gasteiger partial charge in [-0.05, 0) is 49.2 Å². The Balaban J connectivity index is 0.000000493. The molecule has 1 aromatic carbocycles. The van der Waals surface area contributed by atoms with Gasteiger partial charge in [-0.25, -0.2) is 9.78 Å². The first-order valence-corrected chi connectivity index (χ1v) is 12.7. The van der Waals surface area contributed by atoms with Gasteiger partial charge in [0, 0.05) is 37.9 Å². The van der Waals surface area contributed by atoms with Gasteiger partial charge in [0.05, 0.1) is 23.3 Å². The minimum atomic E-state index is -5.08. The van der Waals surface area contributed by atoms with Crippen molar-refractivity contribution in [1.82, 2.24) is 23.8 Å². The largest absolute Gasteiger partial charge is 0.490 e. The van der Waals surface area contributed by atoms with Gasteiger partial charge in [0.1, 0.15) is 11.5 Å². The Bertz CT molecular complexity index is 1630. The van der Waals surface area contributed by atoms with E-state index in [1.54, 1.807) is 6.20 Å². The molecule has 0 fully saturated rings. The van der Waals surface area contributed by atoms with Crippen LogP contribution >= 0.6 is 0 Å². The minimum Gasteiger partial charge on any atom is -0.475 e. The second-order valence-electron chi connectivity index (χ2n) is 9.17. The van der Waals surface area contributed by atoms with Gasteiger partial charge < -0.3 is 19.0 Å². The third-order valence-electron chi connectivity index (χ3n) is 6.35. The van der Waals surface area contributed by atoms with Crippen LogP contribution in [-0.2, 0) is 17.9 Å². The van der Waals surface area contributed by atoms with Crippen molar-refractivity contribution in [2.45, 2.75) is 33.1 Å². The highest BCUT2D eigenvalue weighted by molar-refractivity contribution is 6.02. The number of halogens is 3. The molecule has 0 aliphatic carbocycles. The summed E-state index contributed by atoms with van der Waals surface area (Å²) >= 11 is 0. The van der Waals surface area contributed by atoms with Crippen LogP contribution in [0.1, 0.15) is 34.2 Å². The first-order valence-electron chi connectivity index (χ1n) is 12.7. The average Bonchev–Trinajstić information content (AvgIpc) is 3.52. The van der Waals surface area contributed by atoms with E-state index in [-0.39, 0.29) is 5.91 Å². The zero-order chi connectivity index (χ0) is 29.6. The van der Waals surface area contributed by atoms with Crippen LogP contribution in [0.4, 0.5) is 13.2 Å². The van der Waals surface area contributed by atoms with Crippen molar-refractivity contribution in [3.63, 3.8) is 0 Å². The first-order chi connectivity index (χ1) is 19.6. The van der Waals surface area contributed by atoms with E-state index in [0.29, 0.717) is 25.2 Å². The number of nitrogens with zero attached hydrogens (tertiary/aromatic N) is 5. The molecule has 0 radical (unpaired) electrons. The summed E-state index contributed by atoms with van der Waals surface area (Å²) in [6.45, 7) is 5.92. The molecule has 4 aromatic heterocycles. The number of imidazole rings is 1. The predicted molar refractivity (Wildman–Crippen MR) is 147 cm³/mol. The van der Waals surface area contributed by atoms with Crippen molar-refractivity contribution < 1.29 is 27.9 Å². The van der Waals surface area contributed by atoms with Crippen molar-refractivity contribution in [2.24, 2.45) is 0 Å². The molecule has 41 heavy (non-hydrogen) atoms. The Kier molecular flexibility index (Phi) is 8.86. The van der Waals surface area contributed by atoms with Crippen molar-refractivity contribution in [3.8, 4) is 11.4 Å². The van der Waals surface area contributed by atoms with Crippen molar-refractivity contribution in [1.29, 1.82) is 0 Å². The summed E-state index contributed by atoms with van der Waals surface area (Å²) in [6, 6.07) is 22.0. The first kappa shape index (κ1) is 29.1. The number of hydrogen-bond donors (Lipinski definition) is 1. The molecule has 0 bridgehead atoms. The summed E-state index contributed by atoms with van der Waals surface area (Å²) in [4.78, 5) is 33.5. The average molecular weight is 564 g/mol. The number of hydrogen-bond acceptors (Lipinski definition) is 4. The van der Waals surface area contributed by atoms with Crippen LogP contribution in [-0.4, -0.2) is 53.5 Å². The monoisotopic (exact) mass is 563 g/mol. The number of alkyl halides is 3. The summed E-state index contributed by atoms with van der Waals surface area (Å²) in [6.07, 6.45) is 2.60. The number of aromatic nitrogens is 4. The smallest absolute Gasteiger partial charge is 0.475 e. The van der Waals surface area contributed by atoms with Crippen molar-refractivity contribution in [3.05, 3.63) is 114 Å². The Morgan fingerprint density at radius 3 is 2.32 bits per heavy atom. The Hall–Kier alpha value is -4.93. The van der Waals surface area contributed by atoms with E-state index in [0.717, 1.165) is 33.9 Å². The lowest BCUT2D eigenvalue weighted by Gasteiger charge is -2.20. The molecule has 11 heteroatoms. The lowest BCUT2D eigenvalue weighted by molar-refractivity contribution is -0.192. The second kappa shape index (κ2) is 12.5. The maximum Gasteiger partial charge on any atom is 0.490 e. The van der Waals surface area contributed by atoms with E-state index in [1.165, 1.54) is 0 Å². The summed E-state index contributed by atoms with van der Waals surface area (Å²) in [5.41, 5.74) is 5.55. The molecule has 0 saturated heterocycles. The quantitative estimate of drug-likeness (QED) is 0.268. The number of aryl methyl sites for hydroxylation is 1. The topological polar surface area (TPSA) is 92.7 Å². The highest BCUT2D eigenvalue weighted by Crippen LogP contribution is 2.27. The van der Waals surface area contributed by atoms with Crippen LogP contribution in [0.2, 0.25) is 0 Å². The molecule has 0 aliphatic heterocycles. The third kappa shape index (κ3) is 6.99. The molecule has 0 unspecified atom stereocenters. The van der Waals surface area contributed by atoms with Crippen LogP contribution in [0.25, 0.3) is 16.9 Å². The number of benzene rings is 1. The lowest BCUT2D eigenvalue weighted by Crippen LogP contribution is -2.30. The van der Waals surface area contributed by atoms with Crippen LogP contribution in [0, 0.1) is 6.92 Å². The number of carboxylic acid groups (broad SMARTS) is 1. The van der Waals surface area contributed by atoms with Gasteiger partial charge in [-0.3, -0.25) is 9.78 Å². The summed E-state index contributed by atoms with van der Waals surface area (Å²) < 4.78 is 35.9. The molecule has 8 nitrogen and oxygen atoms in total. The molecule has 5 aromatic rings. The predicted octanol–water partition coefficient (Wildman–Crippen LogP) is 5.85. The molecule has 0 aliphatic rings. The number of carbonyl (C=O) groups is 2. The molecule has 1 N–H and O–H groups in total. The highest BCUT2D eigenvalue weighted by atomic mass is 19.4. The normalized spacial score (nSPS) is 11.1. The number of rotatable bonds is 7. The number of carbonyl (C=O) groups excluding carboxylic acids is 1. The molecule has 4 heterocycles. The Labute approximate surface area is 234 Å². The number of amides is 1. The molecular weight excluding hydrogens is 535 g/mol. The second-order valence-corrected chi connectivity index (χ2v) is 9.17. The van der Waals surface area contributed by atoms with Crippen molar-refractivity contribution >= 4 is 17.4 Å². The van der Waals surface area contributed by atoms with Gasteiger partial charge in [0.15, 0.2) is 0 Å². The van der Waals surface area contributed by atoms with Gasteiger partial charge >= 0.3 is 12.1 Å². The highest BCUT2D eigenvalue weighted by Gasteiger charge is 2.38. The fourth-order valence-corrected chi connectivity index (χ4v) is 4.30. The molecule has 5 rings (SSSR count). The maximum atomic E-state index is 13.6. The van der Waals surface area contributed by atoms with Gasteiger partial charge in [0.2, 0.25) is 0 Å². The molecule has 0 saturated carbocycles. The van der Waals surface area contributed by atoms with E-state index in [1.807, 2.05) is 85.9 Å². The molecule has 1 amide bonds. The van der Waals surface area contributed by atoms with Gasteiger partial charge in [-0.15, -0.1) is 0 Å². The number of aliphatic carboxylic acids is 1. The molecular formula is C30H28F3N5O3. The standard InChI is InChI=1S/C28H27N5O.C2HF3O2/c1-3-31(18-22-10-5-4-6-11-22)28(34)24-16-27(33-15-8-7-13-26(24)33)25-20-32(21(2)30-25)19-23-12-9-14-29-17-23;3-2(4,5)1(6)7/h4-17,20H,3,18-19H2,1-2H3;(H,6,7). The summed E-state index contributed by atoms with van der Waals surface area (Å²) in [7, 11) is 0. The summed E-state index contributed by atoms with van der Waals surface area (Å²) in [5, 5.41) is 7.12. The van der Waals surface area contributed by atoms with Crippen LogP contribution < -0.4 is 0 Å². The fraction of sp³-hybridized carbons (Fsp3) is 0.200. The Morgan fingerprint density at radius 2 is 1.68 bits per heavy atom. The number of carboxylic acids is 1. The SMILES string of the molecule is CCN(Cc1ccccc1)C(=O)c1cc(-c2cn(Cc3cccnc3)c(C)n2)n2ccccc12.O=C(O)C(F)(F)F. The van der Waals surface area contributed by atoms with Crippen LogP contribution in [0.15, 0.2) is 91.5 Å². The van der Waals surface area contributed by atoms with Gasteiger partial charge in [-0.2, -0.15) is 13.2 Å². The molecule has 0 spiro atoms. The van der Waals surface area contributed by atoms with Gasteiger partial charge in [0.25, 0.3) is 5.91 Å². The number of pyridine rings is 2. The van der Waals surface area contributed by atoms with Crippen LogP contribution in [0.5, 0.6) is 0 Å². The van der Waals surface area contributed by atoms with E-state index in [9.17, 15) is 18.0 Å². The van der Waals surface area contributed by atoms with E-state index < -0.39 is 12.1 Å². The van der Waals surface area contributed by atoms with E-state index >= 15 is 0 Å². The minimum absolute atomic E-state index is 0.0211. The summed E-state index contributed by atoms with van der Waals surface area (Å²) in [5.74, 6) is -1.82. The third-order valence-corrected chi connectivity index (χ3v) is 6.35. The molecule has 212 valence electrons. The zero-order valence-corrected chi connectivity index (χ0v) is 22.4. The van der Waals surface area contributed by atoms with Crippen molar-refractivity contribution in [2.75, 3.05) is 6.54 Å². The lowest BCUT2D eigenvalue weighted by atomic mass is 10.1. The van der Waals surface area contributed by atoms with E-state index in [4.69, 9.17) is 14.9 Å². The number of fused-ring (bicyclic) bond motifs is 1. The fourth-order valence-electron chi connectivity index (χ4n) is 4.30. The Morgan fingerprint density at radius 1 is 1.00 bits per heavy atom. The zero-order valence-electron chi connectivity index (χ0n) is 22.4. The molecule has 0 atom stereocenters. The van der Waals surface area contributed by atoms with E-state index in [2.05, 4.69) is 32.2 Å².